The van der Waals surface area contributed by atoms with Gasteiger partial charge in [0.25, 0.3) is 5.91 Å². The van der Waals surface area contributed by atoms with Gasteiger partial charge in [0.05, 0.1) is 5.75 Å². The monoisotopic (exact) mass is 468 g/mol. The van der Waals surface area contributed by atoms with Crippen LogP contribution in [0.15, 0.2) is 71.0 Å². The number of nitrogens with zero attached hydrogens (tertiary/aromatic N) is 2. The zero-order valence-corrected chi connectivity index (χ0v) is 20.0. The van der Waals surface area contributed by atoms with Crippen LogP contribution in [-0.2, 0) is 11.3 Å². The Hall–Kier alpha value is -2.71. The maximum absolute atomic E-state index is 12.3. The molecule has 1 aromatic heterocycles. The van der Waals surface area contributed by atoms with Gasteiger partial charge < -0.3 is 10.6 Å². The Morgan fingerprint density at radius 3 is 2.47 bits per heavy atom. The summed E-state index contributed by atoms with van der Waals surface area (Å²) in [6.45, 7) is 3.28. The highest BCUT2D eigenvalue weighted by molar-refractivity contribution is 7.99. The maximum atomic E-state index is 12.3. The van der Waals surface area contributed by atoms with Crippen molar-refractivity contribution in [2.75, 3.05) is 18.6 Å². The van der Waals surface area contributed by atoms with Crippen LogP contribution in [-0.4, -0.2) is 39.9 Å². The predicted octanol–water partition coefficient (Wildman–Crippen LogP) is 4.53. The molecule has 168 valence electrons. The van der Waals surface area contributed by atoms with Gasteiger partial charge in [0.15, 0.2) is 5.16 Å². The molecule has 32 heavy (non-hydrogen) atoms. The van der Waals surface area contributed by atoms with E-state index in [0.29, 0.717) is 18.7 Å². The summed E-state index contributed by atoms with van der Waals surface area (Å²) in [4.78, 5) is 30.0. The van der Waals surface area contributed by atoms with Crippen LogP contribution in [0.25, 0.3) is 5.69 Å². The average Bonchev–Trinajstić information content (AvgIpc) is 3.30. The Balaban J connectivity index is 1.52. The Labute approximate surface area is 197 Å². The first kappa shape index (κ1) is 23.9. The molecule has 6 nitrogen and oxygen atoms in total. The zero-order chi connectivity index (χ0) is 22.8. The fourth-order valence-corrected chi connectivity index (χ4v) is 4.18. The van der Waals surface area contributed by atoms with Crippen LogP contribution in [0.5, 0.6) is 0 Å². The number of carbonyl (C=O) groups excluding carboxylic acids is 2. The second-order valence-corrected chi connectivity index (χ2v) is 8.97. The molecule has 0 atom stereocenters. The van der Waals surface area contributed by atoms with E-state index in [1.807, 2.05) is 41.3 Å². The van der Waals surface area contributed by atoms with Crippen molar-refractivity contribution in [1.82, 2.24) is 20.2 Å². The highest BCUT2D eigenvalue weighted by Crippen LogP contribution is 2.21. The van der Waals surface area contributed by atoms with Crippen molar-refractivity contribution in [3.05, 3.63) is 72.1 Å². The van der Waals surface area contributed by atoms with Crippen LogP contribution in [0.4, 0.5) is 0 Å². The lowest BCUT2D eigenvalue weighted by Gasteiger charge is -2.09. The molecule has 0 aliphatic carbocycles. The Morgan fingerprint density at radius 1 is 1.03 bits per heavy atom. The van der Waals surface area contributed by atoms with Crippen LogP contribution in [0.1, 0.15) is 35.7 Å². The van der Waals surface area contributed by atoms with E-state index in [9.17, 15) is 9.59 Å². The number of nitrogens with one attached hydrogen (secondary N) is 2. The molecule has 0 radical (unpaired) electrons. The minimum Gasteiger partial charge on any atom is -0.352 e. The van der Waals surface area contributed by atoms with E-state index in [1.165, 1.54) is 16.7 Å². The fourth-order valence-electron chi connectivity index (χ4n) is 2.97. The van der Waals surface area contributed by atoms with Crippen LogP contribution in [0.2, 0.25) is 0 Å². The molecule has 0 saturated carbocycles. The molecule has 8 heteroatoms. The van der Waals surface area contributed by atoms with Crippen molar-refractivity contribution in [3.8, 4) is 5.69 Å². The first-order chi connectivity index (χ1) is 15.6. The molecule has 0 spiro atoms. The van der Waals surface area contributed by atoms with E-state index in [2.05, 4.69) is 34.7 Å². The van der Waals surface area contributed by atoms with Gasteiger partial charge in [-0.2, -0.15) is 0 Å². The number of benzene rings is 2. The lowest BCUT2D eigenvalue weighted by atomic mass is 10.2. The zero-order valence-electron chi connectivity index (χ0n) is 18.3. The number of thioether (sulfide) groups is 2. The molecule has 3 rings (SSSR count). The number of imidazole rings is 1. The molecule has 0 saturated heterocycles. The number of unbranched alkanes of at least 4 members (excludes halogenated alkanes) is 1. The molecule has 0 unspecified atom stereocenters. The molecule has 0 aliphatic rings. The normalized spacial score (nSPS) is 10.7. The van der Waals surface area contributed by atoms with Crippen molar-refractivity contribution in [2.45, 2.75) is 36.4 Å². The molecule has 1 heterocycles. The molecule has 3 aromatic rings. The largest absolute Gasteiger partial charge is 0.352 e. The van der Waals surface area contributed by atoms with Crippen molar-refractivity contribution in [2.24, 2.45) is 0 Å². The summed E-state index contributed by atoms with van der Waals surface area (Å²) in [5.74, 6) is 0.167. The highest BCUT2D eigenvalue weighted by Gasteiger charge is 2.10. The third-order valence-corrected chi connectivity index (χ3v) is 6.52. The van der Waals surface area contributed by atoms with E-state index >= 15 is 0 Å². The van der Waals surface area contributed by atoms with Gasteiger partial charge in [-0.25, -0.2) is 4.98 Å². The molecule has 2 aromatic carbocycles. The van der Waals surface area contributed by atoms with Gasteiger partial charge in [0, 0.05) is 41.6 Å². The van der Waals surface area contributed by atoms with Crippen molar-refractivity contribution in [1.29, 1.82) is 0 Å². The second kappa shape index (κ2) is 12.4. The Kier molecular flexibility index (Phi) is 9.25. The molecule has 2 amide bonds. The van der Waals surface area contributed by atoms with Crippen molar-refractivity contribution >= 4 is 35.3 Å². The standard InChI is InChI=1S/C24H28N4O2S2/c1-3-4-13-25-23(30)19-7-9-20(10-8-19)28-15-14-26-24(28)32-17-22(29)27-16-18-5-11-21(31-2)12-6-18/h5-12,14-15H,3-4,13,16-17H2,1-2H3,(H,25,30)(H,27,29). The van der Waals surface area contributed by atoms with Crippen molar-refractivity contribution < 1.29 is 9.59 Å². The van der Waals surface area contributed by atoms with Gasteiger partial charge in [-0.15, -0.1) is 11.8 Å². The Bertz CT molecular complexity index is 1020. The minimum atomic E-state index is -0.0648. The molecular weight excluding hydrogens is 440 g/mol. The smallest absolute Gasteiger partial charge is 0.251 e. The summed E-state index contributed by atoms with van der Waals surface area (Å²) in [5.41, 5.74) is 2.59. The second-order valence-electron chi connectivity index (χ2n) is 7.15. The van der Waals surface area contributed by atoms with Crippen LogP contribution in [0, 0.1) is 0 Å². The molecular formula is C24H28N4O2S2. The number of hydrogen-bond acceptors (Lipinski definition) is 5. The van der Waals surface area contributed by atoms with Gasteiger partial charge in [0.1, 0.15) is 0 Å². The Morgan fingerprint density at radius 2 is 1.78 bits per heavy atom. The number of amides is 2. The quantitative estimate of drug-likeness (QED) is 0.319. The van der Waals surface area contributed by atoms with E-state index in [-0.39, 0.29) is 17.6 Å². The number of hydrogen-bond donors (Lipinski definition) is 2. The van der Waals surface area contributed by atoms with E-state index in [4.69, 9.17) is 0 Å². The summed E-state index contributed by atoms with van der Waals surface area (Å²) >= 11 is 3.07. The summed E-state index contributed by atoms with van der Waals surface area (Å²) in [6, 6.07) is 15.5. The lowest BCUT2D eigenvalue weighted by molar-refractivity contribution is -0.118. The predicted molar refractivity (Wildman–Crippen MR) is 132 cm³/mol. The van der Waals surface area contributed by atoms with Gasteiger partial charge >= 0.3 is 0 Å². The van der Waals surface area contributed by atoms with Gasteiger partial charge in [-0.1, -0.05) is 37.2 Å². The summed E-state index contributed by atoms with van der Waals surface area (Å²) in [7, 11) is 0. The van der Waals surface area contributed by atoms with Gasteiger partial charge in [-0.05, 0) is 54.6 Å². The SMILES string of the molecule is CCCCNC(=O)c1ccc(-n2ccnc2SCC(=O)NCc2ccc(SC)cc2)cc1. The van der Waals surface area contributed by atoms with E-state index in [1.54, 1.807) is 30.1 Å². The third kappa shape index (κ3) is 6.90. The van der Waals surface area contributed by atoms with Crippen molar-refractivity contribution in [3.63, 3.8) is 0 Å². The van der Waals surface area contributed by atoms with Crippen LogP contribution >= 0.6 is 23.5 Å². The topological polar surface area (TPSA) is 76.0 Å². The first-order valence-electron chi connectivity index (χ1n) is 10.5. The molecule has 0 fully saturated rings. The summed E-state index contributed by atoms with van der Waals surface area (Å²) in [5, 5.41) is 6.60. The highest BCUT2D eigenvalue weighted by atomic mass is 32.2. The maximum Gasteiger partial charge on any atom is 0.251 e. The number of carbonyl (C=O) groups is 2. The third-order valence-electron chi connectivity index (χ3n) is 4.81. The summed E-state index contributed by atoms with van der Waals surface area (Å²) < 4.78 is 1.91. The lowest BCUT2D eigenvalue weighted by Crippen LogP contribution is -2.24. The van der Waals surface area contributed by atoms with E-state index in [0.717, 1.165) is 29.2 Å². The number of aromatic nitrogens is 2. The molecule has 2 N–H and O–H groups in total. The average molecular weight is 469 g/mol. The minimum absolute atomic E-state index is 0.0439. The fraction of sp³-hybridized carbons (Fsp3) is 0.292. The van der Waals surface area contributed by atoms with Gasteiger partial charge in [-0.3, -0.25) is 14.2 Å². The first-order valence-corrected chi connectivity index (χ1v) is 12.8. The van der Waals surface area contributed by atoms with Crippen LogP contribution in [0.3, 0.4) is 0 Å². The molecule has 0 bridgehead atoms. The summed E-state index contributed by atoms with van der Waals surface area (Å²) in [6.07, 6.45) is 7.61. The van der Waals surface area contributed by atoms with Crippen LogP contribution < -0.4 is 10.6 Å². The molecule has 0 aliphatic heterocycles. The number of rotatable bonds is 11. The van der Waals surface area contributed by atoms with Gasteiger partial charge in [0.2, 0.25) is 5.91 Å². The van der Waals surface area contributed by atoms with E-state index < -0.39 is 0 Å².